The van der Waals surface area contributed by atoms with Crippen LogP contribution in [0.25, 0.3) is 0 Å². The molecule has 0 bridgehead atoms. The van der Waals surface area contributed by atoms with Crippen molar-refractivity contribution in [2.45, 2.75) is 6.92 Å². The van der Waals surface area contributed by atoms with Crippen LogP contribution in [0.15, 0.2) is 35.4 Å². The summed E-state index contributed by atoms with van der Waals surface area (Å²) in [7, 11) is 0. The van der Waals surface area contributed by atoms with E-state index in [-0.39, 0.29) is 10.2 Å². The van der Waals surface area contributed by atoms with E-state index < -0.39 is 0 Å². The third-order valence-electron chi connectivity index (χ3n) is 2.65. The van der Waals surface area contributed by atoms with E-state index in [9.17, 15) is 0 Å². The van der Waals surface area contributed by atoms with Gasteiger partial charge in [0.1, 0.15) is 5.15 Å². The predicted octanol–water partition coefficient (Wildman–Crippen LogP) is 4.75. The van der Waals surface area contributed by atoms with Crippen LogP contribution in [0.3, 0.4) is 0 Å². The molecule has 106 valence electrons. The largest absolute Gasteiger partial charge is 0.260 e. The Kier molecular flexibility index (Phi) is 5.03. The molecule has 0 saturated heterocycles. The Hall–Kier alpha value is -1.80. The fourth-order valence-corrected chi connectivity index (χ4v) is 2.05. The number of anilines is 1. The lowest BCUT2D eigenvalue weighted by Crippen LogP contribution is -2.01. The zero-order valence-corrected chi connectivity index (χ0v) is 13.1. The van der Waals surface area contributed by atoms with Gasteiger partial charge in [-0.25, -0.2) is 4.98 Å². The van der Waals surface area contributed by atoms with Gasteiger partial charge in [0.25, 0.3) is 0 Å². The van der Waals surface area contributed by atoms with Crippen molar-refractivity contribution in [3.63, 3.8) is 0 Å². The maximum atomic E-state index is 8.76. The number of nitriles is 1. The molecule has 0 aliphatic heterocycles. The molecule has 0 amide bonds. The lowest BCUT2D eigenvalue weighted by atomic mass is 10.1. The van der Waals surface area contributed by atoms with Crippen molar-refractivity contribution in [2.75, 3.05) is 5.43 Å². The van der Waals surface area contributed by atoms with E-state index >= 15 is 0 Å². The Labute approximate surface area is 137 Å². The summed E-state index contributed by atoms with van der Waals surface area (Å²) in [6, 6.07) is 10.6. The molecule has 0 saturated carbocycles. The number of halogens is 3. The van der Waals surface area contributed by atoms with Crippen LogP contribution in [0.2, 0.25) is 15.2 Å². The summed E-state index contributed by atoms with van der Waals surface area (Å²) in [6.07, 6.45) is 0. The normalized spacial score (nSPS) is 11.1. The summed E-state index contributed by atoms with van der Waals surface area (Å²) < 4.78 is 0. The standard InChI is InChI=1S/C14H9Cl3N4/c1-8(10-4-2-9(7-18)3-5-10)20-21-14-12(16)6-11(15)13(17)19-14/h2-6H,1H3,(H,19,21). The van der Waals surface area contributed by atoms with Crippen molar-refractivity contribution in [1.82, 2.24) is 4.98 Å². The molecule has 0 radical (unpaired) electrons. The van der Waals surface area contributed by atoms with Crippen molar-refractivity contribution in [2.24, 2.45) is 5.10 Å². The number of benzene rings is 1. The van der Waals surface area contributed by atoms with E-state index in [1.807, 2.05) is 19.1 Å². The molecule has 21 heavy (non-hydrogen) atoms. The Morgan fingerprint density at radius 1 is 1.19 bits per heavy atom. The van der Waals surface area contributed by atoms with E-state index in [2.05, 4.69) is 21.6 Å². The number of aromatic nitrogens is 1. The van der Waals surface area contributed by atoms with Gasteiger partial charge in [-0.05, 0) is 30.7 Å². The van der Waals surface area contributed by atoms with Crippen LogP contribution >= 0.6 is 34.8 Å². The molecule has 2 rings (SSSR count). The van der Waals surface area contributed by atoms with Crippen LogP contribution in [0.4, 0.5) is 5.82 Å². The van der Waals surface area contributed by atoms with Crippen molar-refractivity contribution in [1.29, 1.82) is 5.26 Å². The SMILES string of the molecule is CC(=NNc1nc(Cl)c(Cl)cc1Cl)c1ccc(C#N)cc1. The first-order chi connectivity index (χ1) is 10.0. The molecular weight excluding hydrogens is 331 g/mol. The molecule has 1 N–H and O–H groups in total. The first-order valence-corrected chi connectivity index (χ1v) is 6.97. The highest BCUT2D eigenvalue weighted by Crippen LogP contribution is 2.28. The number of rotatable bonds is 3. The molecule has 1 aromatic heterocycles. The average Bonchev–Trinajstić information content (AvgIpc) is 2.49. The van der Waals surface area contributed by atoms with Crippen LogP contribution in [-0.2, 0) is 0 Å². The third kappa shape index (κ3) is 3.85. The van der Waals surface area contributed by atoms with Crippen molar-refractivity contribution in [3.8, 4) is 6.07 Å². The molecule has 1 aromatic carbocycles. The predicted molar refractivity (Wildman–Crippen MR) is 86.3 cm³/mol. The van der Waals surface area contributed by atoms with E-state index in [0.29, 0.717) is 22.1 Å². The highest BCUT2D eigenvalue weighted by Gasteiger charge is 2.07. The van der Waals surface area contributed by atoms with E-state index in [1.54, 1.807) is 12.1 Å². The molecule has 0 aliphatic rings. The molecule has 0 unspecified atom stereocenters. The van der Waals surface area contributed by atoms with Gasteiger partial charge in [0.05, 0.1) is 27.4 Å². The number of pyridine rings is 1. The first-order valence-electron chi connectivity index (χ1n) is 5.83. The van der Waals surface area contributed by atoms with Gasteiger partial charge in [-0.15, -0.1) is 0 Å². The van der Waals surface area contributed by atoms with Gasteiger partial charge in [-0.3, -0.25) is 5.43 Å². The lowest BCUT2D eigenvalue weighted by Gasteiger charge is -2.06. The summed E-state index contributed by atoms with van der Waals surface area (Å²) in [6.45, 7) is 1.82. The highest BCUT2D eigenvalue weighted by atomic mass is 35.5. The zero-order valence-electron chi connectivity index (χ0n) is 10.9. The molecule has 0 fully saturated rings. The van der Waals surface area contributed by atoms with E-state index in [4.69, 9.17) is 40.1 Å². The second-order valence-corrected chi connectivity index (χ2v) is 5.26. The minimum absolute atomic E-state index is 0.148. The smallest absolute Gasteiger partial charge is 0.166 e. The minimum Gasteiger partial charge on any atom is -0.260 e. The van der Waals surface area contributed by atoms with Crippen LogP contribution in [0.1, 0.15) is 18.1 Å². The second-order valence-electron chi connectivity index (χ2n) is 4.09. The van der Waals surface area contributed by atoms with Crippen LogP contribution < -0.4 is 5.43 Å². The molecule has 4 nitrogen and oxygen atoms in total. The summed E-state index contributed by atoms with van der Waals surface area (Å²) in [4.78, 5) is 4.01. The Balaban J connectivity index is 2.20. The molecule has 1 heterocycles. The molecule has 2 aromatic rings. The highest BCUT2D eigenvalue weighted by molar-refractivity contribution is 6.42. The summed E-state index contributed by atoms with van der Waals surface area (Å²) in [5.41, 5.74) is 4.92. The van der Waals surface area contributed by atoms with Crippen LogP contribution in [-0.4, -0.2) is 10.7 Å². The van der Waals surface area contributed by atoms with E-state index in [0.717, 1.165) is 5.56 Å². The van der Waals surface area contributed by atoms with E-state index in [1.165, 1.54) is 6.07 Å². The van der Waals surface area contributed by atoms with Crippen molar-refractivity contribution in [3.05, 3.63) is 56.7 Å². The quantitative estimate of drug-likeness (QED) is 0.498. The number of nitrogens with one attached hydrogen (secondary N) is 1. The molecular formula is C14H9Cl3N4. The Morgan fingerprint density at radius 2 is 1.86 bits per heavy atom. The summed E-state index contributed by atoms with van der Waals surface area (Å²) in [5, 5.41) is 13.7. The second kappa shape index (κ2) is 6.77. The minimum atomic E-state index is 0.148. The van der Waals surface area contributed by atoms with Gasteiger partial charge in [0.15, 0.2) is 5.82 Å². The van der Waals surface area contributed by atoms with Gasteiger partial charge in [-0.2, -0.15) is 10.4 Å². The number of nitrogens with zero attached hydrogens (tertiary/aromatic N) is 3. The third-order valence-corrected chi connectivity index (χ3v) is 3.61. The number of hydrogen-bond donors (Lipinski definition) is 1. The van der Waals surface area contributed by atoms with Crippen molar-refractivity contribution >= 4 is 46.3 Å². The Morgan fingerprint density at radius 3 is 2.48 bits per heavy atom. The molecule has 0 spiro atoms. The lowest BCUT2D eigenvalue weighted by molar-refractivity contribution is 1.22. The first kappa shape index (κ1) is 15.6. The van der Waals surface area contributed by atoms with Gasteiger partial charge in [0, 0.05) is 0 Å². The average molecular weight is 340 g/mol. The fourth-order valence-electron chi connectivity index (χ4n) is 1.51. The zero-order chi connectivity index (χ0) is 15.4. The number of hydrogen-bond acceptors (Lipinski definition) is 4. The monoisotopic (exact) mass is 338 g/mol. The molecule has 7 heteroatoms. The van der Waals surface area contributed by atoms with Gasteiger partial charge < -0.3 is 0 Å². The van der Waals surface area contributed by atoms with Crippen LogP contribution in [0, 0.1) is 11.3 Å². The molecule has 0 atom stereocenters. The summed E-state index contributed by atoms with van der Waals surface area (Å²) in [5.74, 6) is 0.319. The topological polar surface area (TPSA) is 61.1 Å². The van der Waals surface area contributed by atoms with Gasteiger partial charge in [-0.1, -0.05) is 46.9 Å². The Bertz CT molecular complexity index is 733. The number of hydrazone groups is 1. The maximum Gasteiger partial charge on any atom is 0.166 e. The fraction of sp³-hybridized carbons (Fsp3) is 0.0714. The molecule has 0 aliphatic carbocycles. The van der Waals surface area contributed by atoms with Crippen molar-refractivity contribution < 1.29 is 0 Å². The van der Waals surface area contributed by atoms with Gasteiger partial charge in [0.2, 0.25) is 0 Å². The summed E-state index contributed by atoms with van der Waals surface area (Å²) >= 11 is 17.6. The van der Waals surface area contributed by atoms with Crippen LogP contribution in [0.5, 0.6) is 0 Å². The maximum absolute atomic E-state index is 8.76. The van der Waals surface area contributed by atoms with Gasteiger partial charge >= 0.3 is 0 Å².